The zero-order valence-electron chi connectivity index (χ0n) is 10.9. The van der Waals surface area contributed by atoms with Crippen molar-refractivity contribution in [3.05, 3.63) is 27.9 Å². The molecule has 10 heteroatoms. The number of aromatic nitrogens is 1. The van der Waals surface area contributed by atoms with Crippen molar-refractivity contribution in [3.8, 4) is 0 Å². The van der Waals surface area contributed by atoms with E-state index in [-0.39, 0.29) is 12.4 Å². The van der Waals surface area contributed by atoms with Gasteiger partial charge in [0.2, 0.25) is 0 Å². The molecular weight excluding hydrogens is 295 g/mol. The number of rotatable bonds is 6. The zero-order valence-corrected chi connectivity index (χ0v) is 10.9. The first-order valence-electron chi connectivity index (χ1n) is 5.85. The summed E-state index contributed by atoms with van der Waals surface area (Å²) in [6, 6.07) is 0.780. The molecule has 21 heavy (non-hydrogen) atoms. The minimum Gasteiger partial charge on any atom is -0.477 e. The van der Waals surface area contributed by atoms with Gasteiger partial charge < -0.3 is 10.0 Å². The topological polar surface area (TPSA) is 96.6 Å². The van der Waals surface area contributed by atoms with Gasteiger partial charge in [-0.25, -0.2) is 9.78 Å². The molecule has 0 spiro atoms. The highest BCUT2D eigenvalue weighted by Crippen LogP contribution is 2.25. The van der Waals surface area contributed by atoms with E-state index in [0.29, 0.717) is 12.6 Å². The second-order valence-corrected chi connectivity index (χ2v) is 4.16. The van der Waals surface area contributed by atoms with Crippen molar-refractivity contribution in [1.82, 2.24) is 4.98 Å². The van der Waals surface area contributed by atoms with E-state index < -0.39 is 34.9 Å². The number of pyridine rings is 1. The third-order valence-corrected chi connectivity index (χ3v) is 2.48. The molecule has 0 bridgehead atoms. The standard InChI is InChI=1S/C11H12F3N3O4/c1-2-3-16(6-11(12,13)14)9-4-7(10(18)19)8(5-15-9)17(20)21/h4-5H,2-3,6H2,1H3,(H,18,19). The highest BCUT2D eigenvalue weighted by atomic mass is 19.4. The van der Waals surface area contributed by atoms with Crippen LogP contribution in [0.15, 0.2) is 12.3 Å². The van der Waals surface area contributed by atoms with Gasteiger partial charge in [-0.15, -0.1) is 0 Å². The van der Waals surface area contributed by atoms with Crippen LogP contribution in [-0.2, 0) is 0 Å². The number of hydrogen-bond donors (Lipinski definition) is 1. The van der Waals surface area contributed by atoms with Crippen molar-refractivity contribution in [2.45, 2.75) is 19.5 Å². The van der Waals surface area contributed by atoms with E-state index >= 15 is 0 Å². The molecule has 0 amide bonds. The van der Waals surface area contributed by atoms with Crippen LogP contribution < -0.4 is 4.90 Å². The Hall–Kier alpha value is -2.39. The first-order chi connectivity index (χ1) is 9.65. The summed E-state index contributed by atoms with van der Waals surface area (Å²) in [6.07, 6.45) is -3.48. The van der Waals surface area contributed by atoms with Gasteiger partial charge in [-0.05, 0) is 6.42 Å². The van der Waals surface area contributed by atoms with Crippen LogP contribution in [0.4, 0.5) is 24.7 Å². The molecule has 0 atom stereocenters. The summed E-state index contributed by atoms with van der Waals surface area (Å²) >= 11 is 0. The van der Waals surface area contributed by atoms with Gasteiger partial charge in [-0.3, -0.25) is 10.1 Å². The van der Waals surface area contributed by atoms with E-state index in [9.17, 15) is 28.1 Å². The maximum absolute atomic E-state index is 12.5. The Morgan fingerprint density at radius 2 is 2.14 bits per heavy atom. The summed E-state index contributed by atoms with van der Waals surface area (Å²) in [7, 11) is 0. The highest BCUT2D eigenvalue weighted by molar-refractivity contribution is 5.93. The molecule has 1 aromatic heterocycles. The lowest BCUT2D eigenvalue weighted by atomic mass is 10.2. The van der Waals surface area contributed by atoms with Crippen molar-refractivity contribution in [3.63, 3.8) is 0 Å². The fourth-order valence-electron chi connectivity index (χ4n) is 1.69. The van der Waals surface area contributed by atoms with E-state index in [2.05, 4.69) is 4.98 Å². The van der Waals surface area contributed by atoms with Gasteiger partial charge in [-0.2, -0.15) is 13.2 Å². The number of carboxylic acids is 1. The van der Waals surface area contributed by atoms with Crippen LogP contribution in [0.2, 0.25) is 0 Å². The summed E-state index contributed by atoms with van der Waals surface area (Å²) in [5.41, 5.74) is -1.47. The van der Waals surface area contributed by atoms with Crippen LogP contribution in [0.3, 0.4) is 0 Å². The lowest BCUT2D eigenvalue weighted by Gasteiger charge is -2.24. The summed E-state index contributed by atoms with van der Waals surface area (Å²) in [5.74, 6) is -1.87. The minimum absolute atomic E-state index is 0.0105. The quantitative estimate of drug-likeness (QED) is 0.640. The number of carboxylic acid groups (broad SMARTS) is 1. The third-order valence-electron chi connectivity index (χ3n) is 2.48. The highest BCUT2D eigenvalue weighted by Gasteiger charge is 2.32. The summed E-state index contributed by atoms with van der Waals surface area (Å²) in [4.78, 5) is 25.1. The molecule has 1 N–H and O–H groups in total. The van der Waals surface area contributed by atoms with Crippen molar-refractivity contribution < 1.29 is 28.0 Å². The molecule has 0 aliphatic heterocycles. The average molecular weight is 307 g/mol. The Morgan fingerprint density at radius 3 is 2.57 bits per heavy atom. The number of aromatic carboxylic acids is 1. The Morgan fingerprint density at radius 1 is 1.52 bits per heavy atom. The first-order valence-corrected chi connectivity index (χ1v) is 5.85. The zero-order chi connectivity index (χ0) is 16.2. The molecule has 1 heterocycles. The Balaban J connectivity index is 3.24. The Labute approximate surface area is 117 Å². The van der Waals surface area contributed by atoms with Crippen LogP contribution >= 0.6 is 0 Å². The molecule has 0 aromatic carbocycles. The molecule has 0 unspecified atom stereocenters. The van der Waals surface area contributed by atoms with E-state index in [1.54, 1.807) is 6.92 Å². The van der Waals surface area contributed by atoms with Crippen molar-refractivity contribution >= 4 is 17.5 Å². The summed E-state index contributed by atoms with van der Waals surface area (Å²) in [5, 5.41) is 19.6. The number of carbonyl (C=O) groups is 1. The van der Waals surface area contributed by atoms with Crippen molar-refractivity contribution in [1.29, 1.82) is 0 Å². The van der Waals surface area contributed by atoms with Gasteiger partial charge >= 0.3 is 17.8 Å². The predicted octanol–water partition coefficient (Wildman–Crippen LogP) is 2.47. The SMILES string of the molecule is CCCN(CC(F)(F)F)c1cc(C(=O)O)c([N+](=O)[O-])cn1. The van der Waals surface area contributed by atoms with E-state index in [4.69, 9.17) is 5.11 Å². The van der Waals surface area contributed by atoms with Crippen LogP contribution in [-0.4, -0.2) is 40.2 Å². The second-order valence-electron chi connectivity index (χ2n) is 4.16. The van der Waals surface area contributed by atoms with Gasteiger partial charge in [0.05, 0.1) is 4.92 Å². The molecule has 7 nitrogen and oxygen atoms in total. The number of halogens is 3. The number of alkyl halides is 3. The van der Waals surface area contributed by atoms with Gasteiger partial charge in [0.1, 0.15) is 24.1 Å². The Kier molecular flexibility index (Phi) is 5.06. The molecule has 1 aromatic rings. The fraction of sp³-hybridized carbons (Fsp3) is 0.455. The molecule has 0 fully saturated rings. The van der Waals surface area contributed by atoms with E-state index in [1.807, 2.05) is 0 Å². The molecule has 0 saturated carbocycles. The maximum Gasteiger partial charge on any atom is 0.405 e. The predicted molar refractivity (Wildman–Crippen MR) is 66.4 cm³/mol. The normalized spacial score (nSPS) is 11.2. The van der Waals surface area contributed by atoms with Crippen LogP contribution in [0.1, 0.15) is 23.7 Å². The third kappa shape index (κ3) is 4.58. The largest absolute Gasteiger partial charge is 0.477 e. The van der Waals surface area contributed by atoms with E-state index in [1.165, 1.54) is 0 Å². The van der Waals surface area contributed by atoms with Gasteiger partial charge in [0.15, 0.2) is 0 Å². The maximum atomic E-state index is 12.5. The lowest BCUT2D eigenvalue weighted by Crippen LogP contribution is -2.35. The number of anilines is 1. The Bertz CT molecular complexity index is 548. The van der Waals surface area contributed by atoms with Gasteiger partial charge in [-0.1, -0.05) is 6.92 Å². The second kappa shape index (κ2) is 6.37. The first kappa shape index (κ1) is 16.7. The average Bonchev–Trinajstić information content (AvgIpc) is 2.35. The van der Waals surface area contributed by atoms with Crippen molar-refractivity contribution in [2.75, 3.05) is 18.0 Å². The summed E-state index contributed by atoms with van der Waals surface area (Å²) < 4.78 is 37.5. The van der Waals surface area contributed by atoms with E-state index in [0.717, 1.165) is 11.0 Å². The van der Waals surface area contributed by atoms with Crippen LogP contribution in [0.25, 0.3) is 0 Å². The molecule has 0 saturated heterocycles. The number of nitrogens with zero attached hydrogens (tertiary/aromatic N) is 3. The smallest absolute Gasteiger partial charge is 0.405 e. The molecule has 0 aliphatic carbocycles. The number of nitro groups is 1. The molecular formula is C11H12F3N3O4. The molecule has 0 radical (unpaired) electrons. The lowest BCUT2D eigenvalue weighted by molar-refractivity contribution is -0.385. The molecule has 1 rings (SSSR count). The number of hydrogen-bond acceptors (Lipinski definition) is 5. The fourth-order valence-corrected chi connectivity index (χ4v) is 1.69. The van der Waals surface area contributed by atoms with Crippen LogP contribution in [0.5, 0.6) is 0 Å². The van der Waals surface area contributed by atoms with Crippen molar-refractivity contribution in [2.24, 2.45) is 0 Å². The van der Waals surface area contributed by atoms with Crippen LogP contribution in [0, 0.1) is 10.1 Å². The molecule has 0 aliphatic rings. The van der Waals surface area contributed by atoms with Gasteiger partial charge in [0.25, 0.3) is 0 Å². The van der Waals surface area contributed by atoms with Gasteiger partial charge in [0, 0.05) is 12.6 Å². The monoisotopic (exact) mass is 307 g/mol. The minimum atomic E-state index is -4.50. The molecule has 116 valence electrons. The summed E-state index contributed by atoms with van der Waals surface area (Å²) in [6.45, 7) is 0.320.